The highest BCUT2D eigenvalue weighted by molar-refractivity contribution is 9.10. The van der Waals surface area contributed by atoms with E-state index in [4.69, 9.17) is 0 Å². The quantitative estimate of drug-likeness (QED) is 0.926. The number of aromatic nitrogens is 1. The molecule has 0 fully saturated rings. The molecule has 0 aliphatic rings. The minimum absolute atomic E-state index is 0.137. The number of halogens is 1. The van der Waals surface area contributed by atoms with E-state index in [9.17, 15) is 9.59 Å². The van der Waals surface area contributed by atoms with E-state index in [1.54, 1.807) is 35.8 Å². The molecule has 0 saturated carbocycles. The zero-order valence-corrected chi connectivity index (χ0v) is 12.4. The molecule has 0 aliphatic carbocycles. The van der Waals surface area contributed by atoms with E-state index in [1.807, 2.05) is 13.2 Å². The van der Waals surface area contributed by atoms with Crippen LogP contribution in [-0.2, 0) is 11.8 Å². The Hall–Kier alpha value is -0.750. The average Bonchev–Trinajstić information content (AvgIpc) is 2.24. The molecule has 0 aliphatic heterocycles. The van der Waals surface area contributed by atoms with Gasteiger partial charge in [-0.25, -0.2) is 0 Å². The molecular formula is C11H15BrN2O2S. The lowest BCUT2D eigenvalue weighted by Crippen LogP contribution is -2.22. The van der Waals surface area contributed by atoms with Crippen LogP contribution in [-0.4, -0.2) is 22.0 Å². The number of thioether (sulfide) groups is 1. The second-order valence-corrected chi connectivity index (χ2v) is 5.94. The first-order valence-electron chi connectivity index (χ1n) is 5.12. The molecule has 1 rings (SSSR count). The molecule has 4 nitrogen and oxygen atoms in total. The minimum atomic E-state index is -0.201. The molecule has 1 unspecified atom stereocenters. The molecule has 1 N–H and O–H groups in total. The normalized spacial score (nSPS) is 12.2. The zero-order valence-electron chi connectivity index (χ0n) is 9.99. The molecule has 1 amide bonds. The minimum Gasteiger partial charge on any atom is -0.354 e. The number of rotatable bonds is 4. The summed E-state index contributed by atoms with van der Waals surface area (Å²) in [6.07, 6.45) is 5.62. The Morgan fingerprint density at radius 1 is 1.59 bits per heavy atom. The van der Waals surface area contributed by atoms with Crippen LogP contribution in [0.25, 0.3) is 0 Å². The maximum atomic E-state index is 11.7. The van der Waals surface area contributed by atoms with Crippen LogP contribution in [0, 0.1) is 0 Å². The van der Waals surface area contributed by atoms with Gasteiger partial charge in [-0.05, 0) is 22.2 Å². The van der Waals surface area contributed by atoms with Gasteiger partial charge in [0.2, 0.25) is 11.3 Å². The fourth-order valence-electron chi connectivity index (χ4n) is 1.30. The van der Waals surface area contributed by atoms with E-state index in [2.05, 4.69) is 21.2 Å². The summed E-state index contributed by atoms with van der Waals surface area (Å²) in [7, 11) is 1.80. The van der Waals surface area contributed by atoms with Gasteiger partial charge >= 0.3 is 0 Å². The van der Waals surface area contributed by atoms with E-state index in [-0.39, 0.29) is 16.6 Å². The number of carbonyl (C=O) groups excluding carboxylic acids is 1. The van der Waals surface area contributed by atoms with Crippen molar-refractivity contribution in [3.63, 3.8) is 0 Å². The van der Waals surface area contributed by atoms with Crippen molar-refractivity contribution in [3.8, 4) is 0 Å². The van der Waals surface area contributed by atoms with Gasteiger partial charge in [0.1, 0.15) is 5.69 Å². The fraction of sp³-hybridized carbons (Fsp3) is 0.455. The van der Waals surface area contributed by atoms with Crippen molar-refractivity contribution < 1.29 is 4.79 Å². The number of pyridine rings is 1. The van der Waals surface area contributed by atoms with Crippen molar-refractivity contribution in [3.05, 3.63) is 27.1 Å². The molecule has 1 aromatic heterocycles. The number of amides is 1. The summed E-state index contributed by atoms with van der Waals surface area (Å²) < 4.78 is 2.16. The highest BCUT2D eigenvalue weighted by Gasteiger charge is 2.11. The van der Waals surface area contributed by atoms with Crippen molar-refractivity contribution in [2.24, 2.45) is 7.05 Å². The molecule has 17 heavy (non-hydrogen) atoms. The maximum Gasteiger partial charge on any atom is 0.225 e. The summed E-state index contributed by atoms with van der Waals surface area (Å²) in [5.74, 6) is -0.137. The third kappa shape index (κ3) is 4.20. The van der Waals surface area contributed by atoms with Crippen LogP contribution in [0.3, 0.4) is 0 Å². The Morgan fingerprint density at radius 2 is 2.24 bits per heavy atom. The summed E-state index contributed by atoms with van der Waals surface area (Å²) in [5.41, 5.74) is 0.105. The summed E-state index contributed by atoms with van der Waals surface area (Å²) >= 11 is 4.78. The second kappa shape index (κ2) is 6.26. The monoisotopic (exact) mass is 318 g/mol. The number of hydrogen-bond donors (Lipinski definition) is 1. The summed E-state index contributed by atoms with van der Waals surface area (Å²) in [5, 5.41) is 2.88. The van der Waals surface area contributed by atoms with Crippen molar-refractivity contribution in [1.82, 2.24) is 4.57 Å². The predicted molar refractivity (Wildman–Crippen MR) is 75.6 cm³/mol. The average molecular weight is 319 g/mol. The molecule has 0 saturated heterocycles. The molecule has 0 aromatic carbocycles. The SMILES string of the molecule is CSC(C)CC(=O)Nc1cn(C)cc(Br)c1=O. The Bertz CT molecular complexity index is 473. The van der Waals surface area contributed by atoms with Crippen LogP contribution in [0.2, 0.25) is 0 Å². The lowest BCUT2D eigenvalue weighted by molar-refractivity contribution is -0.116. The molecule has 0 radical (unpaired) electrons. The van der Waals surface area contributed by atoms with Crippen LogP contribution < -0.4 is 10.7 Å². The molecule has 0 spiro atoms. The van der Waals surface area contributed by atoms with Crippen LogP contribution in [0.4, 0.5) is 5.69 Å². The van der Waals surface area contributed by atoms with E-state index in [1.165, 1.54) is 0 Å². The largest absolute Gasteiger partial charge is 0.354 e. The van der Waals surface area contributed by atoms with E-state index in [0.717, 1.165) is 0 Å². The van der Waals surface area contributed by atoms with Gasteiger partial charge in [0.05, 0.1) is 4.47 Å². The Balaban J connectivity index is 2.82. The van der Waals surface area contributed by atoms with Gasteiger partial charge in [-0.3, -0.25) is 9.59 Å². The number of hydrogen-bond acceptors (Lipinski definition) is 3. The molecule has 1 atom stereocenters. The standard InChI is InChI=1S/C11H15BrN2O2S/c1-7(17-3)4-10(15)13-9-6-14(2)5-8(12)11(9)16/h5-7H,4H2,1-3H3,(H,13,15). The molecule has 1 heterocycles. The van der Waals surface area contributed by atoms with Crippen molar-refractivity contribution in [1.29, 1.82) is 0 Å². The van der Waals surface area contributed by atoms with Crippen LogP contribution in [0.5, 0.6) is 0 Å². The van der Waals surface area contributed by atoms with Gasteiger partial charge < -0.3 is 9.88 Å². The van der Waals surface area contributed by atoms with Crippen LogP contribution in [0.15, 0.2) is 21.7 Å². The second-order valence-electron chi connectivity index (χ2n) is 3.81. The zero-order chi connectivity index (χ0) is 13.0. The first-order chi connectivity index (χ1) is 7.93. The number of anilines is 1. The van der Waals surface area contributed by atoms with Crippen molar-refractivity contribution >= 4 is 39.3 Å². The molecule has 0 bridgehead atoms. The number of nitrogens with zero attached hydrogens (tertiary/aromatic N) is 1. The first kappa shape index (κ1) is 14.3. The molecule has 94 valence electrons. The smallest absolute Gasteiger partial charge is 0.225 e. The number of aryl methyl sites for hydroxylation is 1. The van der Waals surface area contributed by atoms with Gasteiger partial charge in [0.25, 0.3) is 0 Å². The van der Waals surface area contributed by atoms with Gasteiger partial charge in [0.15, 0.2) is 0 Å². The van der Waals surface area contributed by atoms with E-state index < -0.39 is 0 Å². The van der Waals surface area contributed by atoms with Crippen molar-refractivity contribution in [2.45, 2.75) is 18.6 Å². The molecular weight excluding hydrogens is 304 g/mol. The van der Waals surface area contributed by atoms with Crippen LogP contribution in [0.1, 0.15) is 13.3 Å². The summed E-state index contributed by atoms with van der Waals surface area (Å²) in [4.78, 5) is 23.4. The molecule has 1 aromatic rings. The Kier molecular flexibility index (Phi) is 5.27. The van der Waals surface area contributed by atoms with Gasteiger partial charge in [0, 0.05) is 31.1 Å². The lowest BCUT2D eigenvalue weighted by atomic mass is 10.3. The van der Waals surface area contributed by atoms with Gasteiger partial charge in [-0.1, -0.05) is 6.92 Å². The topological polar surface area (TPSA) is 51.1 Å². The van der Waals surface area contributed by atoms with E-state index >= 15 is 0 Å². The fourth-order valence-corrected chi connectivity index (χ4v) is 2.15. The lowest BCUT2D eigenvalue weighted by Gasteiger charge is -2.10. The third-order valence-corrected chi connectivity index (χ3v) is 3.80. The summed E-state index contributed by atoms with van der Waals surface area (Å²) in [6, 6.07) is 0. The number of nitrogens with one attached hydrogen (secondary N) is 1. The number of carbonyl (C=O) groups is 1. The third-order valence-electron chi connectivity index (χ3n) is 2.26. The Morgan fingerprint density at radius 3 is 2.82 bits per heavy atom. The predicted octanol–water partition coefficient (Wildman–Crippen LogP) is 2.23. The maximum absolute atomic E-state index is 11.7. The Labute approximate surface area is 113 Å². The first-order valence-corrected chi connectivity index (χ1v) is 7.20. The highest BCUT2D eigenvalue weighted by atomic mass is 79.9. The summed E-state index contributed by atoms with van der Waals surface area (Å²) in [6.45, 7) is 1.98. The van der Waals surface area contributed by atoms with Gasteiger partial charge in [-0.2, -0.15) is 11.8 Å². The highest BCUT2D eigenvalue weighted by Crippen LogP contribution is 2.12. The van der Waals surface area contributed by atoms with E-state index in [0.29, 0.717) is 16.6 Å². The molecule has 6 heteroatoms. The van der Waals surface area contributed by atoms with Crippen LogP contribution >= 0.6 is 27.7 Å². The van der Waals surface area contributed by atoms with Crippen molar-refractivity contribution in [2.75, 3.05) is 11.6 Å². The van der Waals surface area contributed by atoms with Gasteiger partial charge in [-0.15, -0.1) is 0 Å².